The Labute approximate surface area is 181 Å². The zero-order chi connectivity index (χ0) is 22.2. The minimum Gasteiger partial charge on any atom is -0.349 e. The number of rotatable bonds is 5. The maximum atomic E-state index is 12.7. The molecule has 2 heterocycles. The van der Waals surface area contributed by atoms with Crippen molar-refractivity contribution in [2.75, 3.05) is 32.0 Å². The zero-order valence-corrected chi connectivity index (χ0v) is 18.5. The van der Waals surface area contributed by atoms with Gasteiger partial charge in [0.2, 0.25) is 15.9 Å². The highest BCUT2D eigenvalue weighted by molar-refractivity contribution is 7.90. The molecule has 0 aliphatic carbocycles. The summed E-state index contributed by atoms with van der Waals surface area (Å²) in [5.74, 6) is -0.237. The molecular formula is C20H22N4O5S2. The Morgan fingerprint density at radius 2 is 1.84 bits per heavy atom. The van der Waals surface area contributed by atoms with Gasteiger partial charge in [0.25, 0.3) is 10.0 Å². The van der Waals surface area contributed by atoms with Crippen molar-refractivity contribution in [3.63, 3.8) is 0 Å². The third-order valence-corrected chi connectivity index (χ3v) is 8.40. The second-order valence-electron chi connectivity index (χ2n) is 7.43. The fourth-order valence-corrected chi connectivity index (χ4v) is 6.48. The van der Waals surface area contributed by atoms with E-state index >= 15 is 0 Å². The van der Waals surface area contributed by atoms with Gasteiger partial charge < -0.3 is 10.2 Å². The number of amides is 1. The van der Waals surface area contributed by atoms with E-state index in [2.05, 4.69) is 9.71 Å². The smallest absolute Gasteiger partial charge is 0.285 e. The number of hydrogen-bond acceptors (Lipinski definition) is 6. The van der Waals surface area contributed by atoms with Crippen LogP contribution in [0.3, 0.4) is 0 Å². The van der Waals surface area contributed by atoms with Crippen molar-refractivity contribution >= 4 is 37.5 Å². The number of sulfonamides is 2. The first-order chi connectivity index (χ1) is 14.7. The van der Waals surface area contributed by atoms with E-state index in [4.69, 9.17) is 0 Å². The van der Waals surface area contributed by atoms with E-state index < -0.39 is 26.0 Å². The lowest BCUT2D eigenvalue weighted by Gasteiger charge is -2.19. The van der Waals surface area contributed by atoms with E-state index in [0.29, 0.717) is 24.3 Å². The van der Waals surface area contributed by atoms with Gasteiger partial charge in [-0.05, 0) is 43.2 Å². The third kappa shape index (κ3) is 4.21. The van der Waals surface area contributed by atoms with Gasteiger partial charge in [-0.2, -0.15) is 12.7 Å². The molecule has 11 heteroatoms. The van der Waals surface area contributed by atoms with E-state index in [-0.39, 0.29) is 22.2 Å². The molecule has 2 aromatic rings. The average Bonchev–Trinajstić information content (AvgIpc) is 3.36. The van der Waals surface area contributed by atoms with Crippen LogP contribution in [0.4, 0.5) is 5.69 Å². The van der Waals surface area contributed by atoms with Gasteiger partial charge in [0.15, 0.2) is 5.84 Å². The Morgan fingerprint density at radius 1 is 1.13 bits per heavy atom. The fourth-order valence-electron chi connectivity index (χ4n) is 3.67. The van der Waals surface area contributed by atoms with Crippen LogP contribution in [-0.4, -0.2) is 64.5 Å². The van der Waals surface area contributed by atoms with Gasteiger partial charge in [-0.3, -0.25) is 4.79 Å². The van der Waals surface area contributed by atoms with Crippen LogP contribution in [0.5, 0.6) is 0 Å². The van der Waals surface area contributed by atoms with Gasteiger partial charge in [-0.15, -0.1) is 4.40 Å². The van der Waals surface area contributed by atoms with Crippen molar-refractivity contribution in [2.45, 2.75) is 22.6 Å². The number of hydrogen-bond donors (Lipinski definition) is 1. The highest BCUT2D eigenvalue weighted by Crippen LogP contribution is 2.27. The molecule has 0 unspecified atom stereocenters. The number of nitrogens with zero attached hydrogens (tertiary/aromatic N) is 3. The first kappa shape index (κ1) is 21.5. The lowest BCUT2D eigenvalue weighted by atomic mass is 10.2. The van der Waals surface area contributed by atoms with E-state index in [0.717, 1.165) is 12.8 Å². The Morgan fingerprint density at radius 3 is 2.58 bits per heavy atom. The summed E-state index contributed by atoms with van der Waals surface area (Å²) < 4.78 is 55.1. The van der Waals surface area contributed by atoms with Crippen LogP contribution >= 0.6 is 0 Å². The number of amidine groups is 1. The molecule has 0 saturated carbocycles. The average molecular weight is 463 g/mol. The zero-order valence-electron chi connectivity index (χ0n) is 16.9. The molecule has 1 N–H and O–H groups in total. The predicted molar refractivity (Wildman–Crippen MR) is 116 cm³/mol. The summed E-state index contributed by atoms with van der Waals surface area (Å²) in [4.78, 5) is 14.2. The molecule has 0 radical (unpaired) electrons. The van der Waals surface area contributed by atoms with Gasteiger partial charge in [0.1, 0.15) is 4.90 Å². The van der Waals surface area contributed by atoms with Crippen molar-refractivity contribution in [1.29, 1.82) is 0 Å². The van der Waals surface area contributed by atoms with Crippen LogP contribution in [0.25, 0.3) is 0 Å². The molecule has 1 saturated heterocycles. The van der Waals surface area contributed by atoms with E-state index in [1.807, 2.05) is 0 Å². The van der Waals surface area contributed by atoms with Crippen molar-refractivity contribution in [3.8, 4) is 0 Å². The summed E-state index contributed by atoms with van der Waals surface area (Å²) in [6.45, 7) is 0.832. The van der Waals surface area contributed by atoms with Crippen LogP contribution in [0.15, 0.2) is 62.7 Å². The molecule has 31 heavy (non-hydrogen) atoms. The maximum absolute atomic E-state index is 12.7. The first-order valence-corrected chi connectivity index (χ1v) is 12.6. The van der Waals surface area contributed by atoms with Crippen LogP contribution in [0, 0.1) is 0 Å². The molecule has 164 valence electrons. The van der Waals surface area contributed by atoms with E-state index in [1.165, 1.54) is 27.4 Å². The summed E-state index contributed by atoms with van der Waals surface area (Å²) in [5.41, 5.74) is 0.788. The molecule has 9 nitrogen and oxygen atoms in total. The quantitative estimate of drug-likeness (QED) is 0.720. The molecule has 1 amide bonds. The Balaban J connectivity index is 1.48. The largest absolute Gasteiger partial charge is 0.349 e. The fraction of sp³-hybridized carbons (Fsp3) is 0.300. The number of nitrogens with one attached hydrogen (secondary N) is 1. The van der Waals surface area contributed by atoms with Gasteiger partial charge in [-0.25, -0.2) is 8.42 Å². The second kappa shape index (κ2) is 8.06. The minimum absolute atomic E-state index is 0.108. The number of fused-ring (bicyclic) bond motifs is 1. The molecule has 2 aliphatic heterocycles. The molecule has 4 rings (SSSR count). The summed E-state index contributed by atoms with van der Waals surface area (Å²) in [7, 11) is -5.80. The van der Waals surface area contributed by atoms with E-state index in [1.54, 1.807) is 37.4 Å². The third-order valence-electron chi connectivity index (χ3n) is 5.18. The molecule has 2 aromatic carbocycles. The second-order valence-corrected chi connectivity index (χ2v) is 10.9. The van der Waals surface area contributed by atoms with Crippen molar-refractivity contribution in [2.24, 2.45) is 4.40 Å². The summed E-state index contributed by atoms with van der Waals surface area (Å²) in [5, 5.41) is 2.68. The maximum Gasteiger partial charge on any atom is 0.285 e. The Kier molecular flexibility index (Phi) is 5.58. The molecule has 0 atom stereocenters. The van der Waals surface area contributed by atoms with Crippen LogP contribution < -0.4 is 5.32 Å². The number of carbonyl (C=O) groups excluding carboxylic acids is 1. The van der Waals surface area contributed by atoms with Gasteiger partial charge in [-0.1, -0.05) is 18.2 Å². The first-order valence-electron chi connectivity index (χ1n) is 9.74. The topological polar surface area (TPSA) is 116 Å². The molecule has 2 aliphatic rings. The summed E-state index contributed by atoms with van der Waals surface area (Å²) in [6.07, 6.45) is 1.68. The van der Waals surface area contributed by atoms with Crippen molar-refractivity contribution in [3.05, 3.63) is 54.1 Å². The van der Waals surface area contributed by atoms with Crippen molar-refractivity contribution < 1.29 is 21.6 Å². The molecule has 1 fully saturated rings. The number of benzene rings is 2. The monoisotopic (exact) mass is 462 g/mol. The number of anilines is 1. The standard InChI is InChI=1S/C20H22N4O5S2/c1-23(20-17-9-2-3-10-18(17)30(26,27)22-20)14-19(25)21-15-7-6-8-16(13-15)31(28,29)24-11-4-5-12-24/h2-3,6-10,13H,4-5,11-12,14H2,1H3,(H,21,25). The van der Waals surface area contributed by atoms with E-state index in [9.17, 15) is 21.6 Å². The van der Waals surface area contributed by atoms with Crippen LogP contribution in [0.1, 0.15) is 18.4 Å². The van der Waals surface area contributed by atoms with Gasteiger partial charge in [0, 0.05) is 31.4 Å². The molecule has 0 bridgehead atoms. The number of carbonyl (C=O) groups is 1. The Bertz CT molecular complexity index is 1270. The SMILES string of the molecule is CN(CC(=O)Nc1cccc(S(=O)(=O)N2CCCC2)c1)C1=NS(=O)(=O)c2ccccc21. The lowest BCUT2D eigenvalue weighted by molar-refractivity contribution is -0.116. The van der Waals surface area contributed by atoms with Crippen LogP contribution in [0.2, 0.25) is 0 Å². The van der Waals surface area contributed by atoms with Gasteiger partial charge >= 0.3 is 0 Å². The highest BCUT2D eigenvalue weighted by atomic mass is 32.2. The molecular weight excluding hydrogens is 440 g/mol. The lowest BCUT2D eigenvalue weighted by Crippen LogP contribution is -2.35. The molecule has 0 spiro atoms. The molecule has 0 aromatic heterocycles. The van der Waals surface area contributed by atoms with Crippen molar-refractivity contribution in [1.82, 2.24) is 9.21 Å². The predicted octanol–water partition coefficient (Wildman–Crippen LogP) is 1.49. The van der Waals surface area contributed by atoms with Crippen LogP contribution in [-0.2, 0) is 24.8 Å². The normalized spacial score (nSPS) is 17.8. The summed E-state index contributed by atoms with van der Waals surface area (Å²) >= 11 is 0. The Hall–Kier alpha value is -2.76. The van der Waals surface area contributed by atoms with Gasteiger partial charge in [0.05, 0.1) is 11.4 Å². The summed E-state index contributed by atoms with van der Waals surface area (Å²) in [6, 6.07) is 12.5. The minimum atomic E-state index is -3.78. The number of likely N-dealkylation sites (N-methyl/N-ethyl adjacent to an activating group) is 1. The highest BCUT2D eigenvalue weighted by Gasteiger charge is 2.31.